The zero-order chi connectivity index (χ0) is 15.2. The number of ether oxygens (including phenoxy) is 3. The summed E-state index contributed by atoms with van der Waals surface area (Å²) in [6, 6.07) is 3.74. The Hall–Kier alpha value is -1.86. The van der Waals surface area contributed by atoms with Crippen LogP contribution in [0.25, 0.3) is 10.6 Å². The van der Waals surface area contributed by atoms with E-state index in [4.69, 9.17) is 14.2 Å². The topological polar surface area (TPSA) is 65.5 Å². The summed E-state index contributed by atoms with van der Waals surface area (Å²) in [4.78, 5) is 0. The number of nitrogens with one attached hydrogen (secondary N) is 1. The predicted octanol–water partition coefficient (Wildman–Crippen LogP) is 2.34. The van der Waals surface area contributed by atoms with E-state index in [-0.39, 0.29) is 0 Å². The molecule has 2 aromatic rings. The van der Waals surface area contributed by atoms with Gasteiger partial charge in [0.2, 0.25) is 5.75 Å². The van der Waals surface area contributed by atoms with Gasteiger partial charge in [0.05, 0.1) is 26.9 Å². The quantitative estimate of drug-likeness (QED) is 0.847. The summed E-state index contributed by atoms with van der Waals surface area (Å²) in [7, 11) is 4.78. The third-order valence-corrected chi connectivity index (χ3v) is 3.88. The molecule has 0 saturated carbocycles. The van der Waals surface area contributed by atoms with Crippen LogP contribution < -0.4 is 19.5 Å². The smallest absolute Gasteiger partial charge is 0.204 e. The monoisotopic (exact) mass is 309 g/mol. The Morgan fingerprint density at radius 2 is 1.81 bits per heavy atom. The fourth-order valence-electron chi connectivity index (χ4n) is 1.94. The minimum absolute atomic E-state index is 0.556. The molecule has 1 N–H and O–H groups in total. The molecule has 6 nitrogen and oxygen atoms in total. The van der Waals surface area contributed by atoms with Gasteiger partial charge in [0.1, 0.15) is 5.01 Å². The Balaban J connectivity index is 2.41. The van der Waals surface area contributed by atoms with Gasteiger partial charge in [-0.1, -0.05) is 18.3 Å². The van der Waals surface area contributed by atoms with E-state index in [9.17, 15) is 0 Å². The fraction of sp³-hybridized carbons (Fsp3) is 0.429. The Morgan fingerprint density at radius 3 is 2.43 bits per heavy atom. The lowest BCUT2D eigenvalue weighted by Crippen LogP contribution is -2.11. The first-order valence-corrected chi connectivity index (χ1v) is 7.39. The lowest BCUT2D eigenvalue weighted by Gasteiger charge is -2.14. The summed E-state index contributed by atoms with van der Waals surface area (Å²) in [5.41, 5.74) is 0.843. The molecule has 0 saturated heterocycles. The van der Waals surface area contributed by atoms with Gasteiger partial charge in [-0.15, -0.1) is 10.2 Å². The van der Waals surface area contributed by atoms with Gasteiger partial charge in [0, 0.05) is 6.54 Å². The molecule has 0 atom stereocenters. The van der Waals surface area contributed by atoms with Crippen molar-refractivity contribution < 1.29 is 14.2 Å². The van der Waals surface area contributed by atoms with Crippen molar-refractivity contribution in [1.82, 2.24) is 15.5 Å². The number of rotatable bonds is 7. The third kappa shape index (κ3) is 3.25. The molecule has 1 aromatic carbocycles. The van der Waals surface area contributed by atoms with E-state index in [0.717, 1.165) is 22.1 Å². The second kappa shape index (κ2) is 7.24. The molecule has 1 aromatic heterocycles. The fourth-order valence-corrected chi connectivity index (χ4v) is 2.77. The van der Waals surface area contributed by atoms with Crippen LogP contribution in [0.2, 0.25) is 0 Å². The Bertz CT molecular complexity index is 601. The zero-order valence-corrected chi connectivity index (χ0v) is 13.4. The van der Waals surface area contributed by atoms with Crippen LogP contribution in [0.5, 0.6) is 17.2 Å². The molecule has 0 fully saturated rings. The second-order valence-corrected chi connectivity index (χ2v) is 5.23. The molecule has 0 amide bonds. The van der Waals surface area contributed by atoms with Crippen LogP contribution in [0.15, 0.2) is 12.1 Å². The number of hydrogen-bond acceptors (Lipinski definition) is 7. The van der Waals surface area contributed by atoms with Crippen molar-refractivity contribution in [3.05, 3.63) is 17.1 Å². The summed E-state index contributed by atoms with van der Waals surface area (Å²) in [6.45, 7) is 3.66. The van der Waals surface area contributed by atoms with Crippen molar-refractivity contribution >= 4 is 11.3 Å². The Morgan fingerprint density at radius 1 is 1.05 bits per heavy atom. The van der Waals surface area contributed by atoms with Gasteiger partial charge in [-0.2, -0.15) is 0 Å². The molecule has 0 aliphatic rings. The van der Waals surface area contributed by atoms with Gasteiger partial charge in [0.25, 0.3) is 0 Å². The number of hydrogen-bond donors (Lipinski definition) is 1. The average molecular weight is 309 g/mol. The van der Waals surface area contributed by atoms with Crippen LogP contribution in [0.4, 0.5) is 0 Å². The Kier molecular flexibility index (Phi) is 5.35. The van der Waals surface area contributed by atoms with E-state index in [1.807, 2.05) is 12.1 Å². The summed E-state index contributed by atoms with van der Waals surface area (Å²) in [6.07, 6.45) is 0. The van der Waals surface area contributed by atoms with Gasteiger partial charge < -0.3 is 19.5 Å². The molecule has 0 aliphatic carbocycles. The van der Waals surface area contributed by atoms with E-state index in [1.54, 1.807) is 21.3 Å². The third-order valence-electron chi connectivity index (χ3n) is 2.93. The van der Waals surface area contributed by atoms with Crippen molar-refractivity contribution in [2.75, 3.05) is 27.9 Å². The van der Waals surface area contributed by atoms with Crippen molar-refractivity contribution in [1.29, 1.82) is 0 Å². The van der Waals surface area contributed by atoms with Crippen LogP contribution >= 0.6 is 11.3 Å². The lowest BCUT2D eigenvalue weighted by molar-refractivity contribution is 0.325. The van der Waals surface area contributed by atoms with E-state index < -0.39 is 0 Å². The molecular formula is C14H19N3O3S. The molecule has 1 heterocycles. The van der Waals surface area contributed by atoms with Crippen molar-refractivity contribution in [3.8, 4) is 27.8 Å². The lowest BCUT2D eigenvalue weighted by atomic mass is 10.2. The summed E-state index contributed by atoms with van der Waals surface area (Å²) >= 11 is 1.53. The summed E-state index contributed by atoms with van der Waals surface area (Å²) in [5.74, 6) is 1.78. The van der Waals surface area contributed by atoms with Crippen LogP contribution in [0.3, 0.4) is 0 Å². The molecule has 21 heavy (non-hydrogen) atoms. The second-order valence-electron chi connectivity index (χ2n) is 4.16. The van der Waals surface area contributed by atoms with E-state index >= 15 is 0 Å². The number of aromatic nitrogens is 2. The largest absolute Gasteiger partial charge is 0.493 e. The first-order valence-electron chi connectivity index (χ1n) is 6.57. The van der Waals surface area contributed by atoms with Crippen LogP contribution in [0, 0.1) is 0 Å². The molecule has 0 radical (unpaired) electrons. The first kappa shape index (κ1) is 15.5. The van der Waals surface area contributed by atoms with Gasteiger partial charge in [-0.05, 0) is 18.7 Å². The number of nitrogens with zero attached hydrogens (tertiary/aromatic N) is 2. The van der Waals surface area contributed by atoms with E-state index in [1.165, 1.54) is 11.3 Å². The van der Waals surface area contributed by atoms with Gasteiger partial charge in [-0.3, -0.25) is 0 Å². The molecule has 114 valence electrons. The van der Waals surface area contributed by atoms with Gasteiger partial charge >= 0.3 is 0 Å². The standard InChI is InChI=1S/C14H19N3O3S/c1-5-15-8-11-16-17-14(21-11)9-6-7-10(18-2)13(20-4)12(9)19-3/h6-7,15H,5,8H2,1-4H3. The van der Waals surface area contributed by atoms with Crippen LogP contribution in [-0.2, 0) is 6.54 Å². The van der Waals surface area contributed by atoms with Gasteiger partial charge in [-0.25, -0.2) is 0 Å². The maximum Gasteiger partial charge on any atom is 0.204 e. The normalized spacial score (nSPS) is 10.5. The Labute approximate surface area is 128 Å². The first-order chi connectivity index (χ1) is 10.2. The molecule has 0 aliphatic heterocycles. The molecule has 0 spiro atoms. The maximum absolute atomic E-state index is 5.47. The summed E-state index contributed by atoms with van der Waals surface area (Å²) < 4.78 is 16.1. The van der Waals surface area contributed by atoms with Crippen LogP contribution in [-0.4, -0.2) is 38.1 Å². The molecule has 0 unspecified atom stereocenters. The minimum atomic E-state index is 0.556. The minimum Gasteiger partial charge on any atom is -0.493 e. The highest BCUT2D eigenvalue weighted by atomic mass is 32.1. The number of methoxy groups -OCH3 is 3. The predicted molar refractivity (Wildman–Crippen MR) is 82.4 cm³/mol. The highest BCUT2D eigenvalue weighted by Crippen LogP contribution is 2.44. The number of benzene rings is 1. The summed E-state index contributed by atoms with van der Waals surface area (Å²) in [5, 5.41) is 13.4. The maximum atomic E-state index is 5.47. The van der Waals surface area contributed by atoms with Crippen molar-refractivity contribution in [2.24, 2.45) is 0 Å². The van der Waals surface area contributed by atoms with Gasteiger partial charge in [0.15, 0.2) is 16.5 Å². The highest BCUT2D eigenvalue weighted by molar-refractivity contribution is 7.14. The molecular weight excluding hydrogens is 290 g/mol. The molecule has 0 bridgehead atoms. The van der Waals surface area contributed by atoms with E-state index in [0.29, 0.717) is 23.8 Å². The van der Waals surface area contributed by atoms with Crippen molar-refractivity contribution in [2.45, 2.75) is 13.5 Å². The molecule has 2 rings (SSSR count). The van der Waals surface area contributed by atoms with Crippen LogP contribution in [0.1, 0.15) is 11.9 Å². The van der Waals surface area contributed by atoms with E-state index in [2.05, 4.69) is 22.4 Å². The SMILES string of the molecule is CCNCc1nnc(-c2ccc(OC)c(OC)c2OC)s1. The van der Waals surface area contributed by atoms with Crippen molar-refractivity contribution in [3.63, 3.8) is 0 Å². The average Bonchev–Trinajstić information content (AvgIpc) is 2.99. The zero-order valence-electron chi connectivity index (χ0n) is 12.6. The highest BCUT2D eigenvalue weighted by Gasteiger charge is 2.19. The molecule has 7 heteroatoms.